The van der Waals surface area contributed by atoms with Crippen molar-refractivity contribution in [2.24, 2.45) is 0 Å². The number of aromatic nitrogens is 2. The van der Waals surface area contributed by atoms with Crippen LogP contribution >= 0.6 is 0 Å². The first kappa shape index (κ1) is 32.2. The van der Waals surface area contributed by atoms with Crippen LogP contribution in [0.15, 0.2) is 33.5 Å². The molecule has 2 saturated heterocycles. The largest absolute Gasteiger partial charge is 0.508 e. The summed E-state index contributed by atoms with van der Waals surface area (Å²) >= 11 is 0. The highest BCUT2D eigenvalue weighted by Crippen LogP contribution is 2.40. The van der Waals surface area contributed by atoms with Gasteiger partial charge in [0.05, 0.1) is 23.7 Å². The zero-order chi connectivity index (χ0) is 33.5. The molecule has 0 spiro atoms. The normalized spacial score (nSPS) is 19.7. The lowest BCUT2D eigenvalue weighted by molar-refractivity contribution is -0.124. The number of carbonyl (C=O) groups is 1. The number of benzene rings is 2. The lowest BCUT2D eigenvalue weighted by atomic mass is 9.75. The predicted octanol–water partition coefficient (Wildman–Crippen LogP) is 5.16. The molecular formula is C35H37F2N5O5. The molecule has 1 saturated carbocycles. The monoisotopic (exact) mass is 645 g/mol. The van der Waals surface area contributed by atoms with Crippen LogP contribution in [0.1, 0.15) is 49.7 Å². The molecular weight excluding hydrogens is 608 g/mol. The van der Waals surface area contributed by atoms with Crippen molar-refractivity contribution in [1.82, 2.24) is 19.8 Å². The number of ether oxygens (including phenoxy) is 1. The number of hydrogen-bond acceptors (Lipinski definition) is 9. The summed E-state index contributed by atoms with van der Waals surface area (Å²) in [6.07, 6.45) is 11.8. The van der Waals surface area contributed by atoms with Crippen LogP contribution in [0.5, 0.6) is 11.8 Å². The SMILES string of the molecule is C#Cc1c(F)ccc2cc(O)cc(-c3oc(=O)c4c(NCC5(N(C)C=O)CCC5)nc(OC)nc4c3C)c12.FC1CC2CCCN2C1. The molecule has 10 nitrogen and oxygen atoms in total. The molecule has 2 unspecified atom stereocenters. The number of aryl methyl sites for hydroxylation is 1. The van der Waals surface area contributed by atoms with E-state index in [1.165, 1.54) is 44.2 Å². The van der Waals surface area contributed by atoms with E-state index in [1.54, 1.807) is 18.9 Å². The number of halogens is 2. The molecule has 2 N–H and O–H groups in total. The minimum atomic E-state index is -0.743. The first-order chi connectivity index (χ1) is 22.6. The number of nitrogens with zero attached hydrogens (tertiary/aromatic N) is 4. The Labute approximate surface area is 270 Å². The first-order valence-electron chi connectivity index (χ1n) is 15.7. The predicted molar refractivity (Wildman–Crippen MR) is 175 cm³/mol. The van der Waals surface area contributed by atoms with Gasteiger partial charge < -0.3 is 24.5 Å². The Morgan fingerprint density at radius 2 is 2.06 bits per heavy atom. The average Bonchev–Trinajstić information content (AvgIpc) is 3.62. The number of carbonyl (C=O) groups excluding carboxylic acids is 1. The molecule has 246 valence electrons. The number of amides is 1. The molecule has 2 aliphatic heterocycles. The maximum Gasteiger partial charge on any atom is 0.349 e. The van der Waals surface area contributed by atoms with Gasteiger partial charge >= 0.3 is 11.6 Å². The number of methoxy groups -OCH3 is 1. The molecule has 1 aliphatic carbocycles. The molecule has 47 heavy (non-hydrogen) atoms. The van der Waals surface area contributed by atoms with Gasteiger partial charge in [-0.05, 0) is 75.6 Å². The van der Waals surface area contributed by atoms with Crippen molar-refractivity contribution in [2.75, 3.05) is 39.1 Å². The topological polar surface area (TPSA) is 121 Å². The van der Waals surface area contributed by atoms with Gasteiger partial charge in [0.25, 0.3) is 0 Å². The Balaban J connectivity index is 0.000000366. The van der Waals surface area contributed by atoms with Crippen molar-refractivity contribution in [1.29, 1.82) is 0 Å². The minimum absolute atomic E-state index is 0.0159. The average molecular weight is 646 g/mol. The van der Waals surface area contributed by atoms with Gasteiger partial charge in [-0.25, -0.2) is 13.6 Å². The molecule has 0 radical (unpaired) electrons. The standard InChI is InChI=1S/C28H25FN4O5.C7H12FN/c1-5-18-20(29)8-7-16-11-17(35)12-19(21(16)18)24-15(2)23-22(26(36)38-24)25(32-27(31-23)37-4)30-13-28(9-6-10-28)33(3)14-34;8-6-4-7-2-1-3-9(7)5-6/h1,7-8,11-12,14,35H,6,9-10,13H2,2-4H3,(H,30,31,32);6-7H,1-5H2. The Morgan fingerprint density at radius 1 is 1.28 bits per heavy atom. The summed E-state index contributed by atoms with van der Waals surface area (Å²) in [5, 5.41) is 14.5. The zero-order valence-corrected chi connectivity index (χ0v) is 26.6. The number of alkyl halides is 1. The number of aromatic hydroxyl groups is 1. The highest BCUT2D eigenvalue weighted by atomic mass is 19.1. The third kappa shape index (κ3) is 5.84. The summed E-state index contributed by atoms with van der Waals surface area (Å²) in [4.78, 5) is 37.5. The van der Waals surface area contributed by atoms with Crippen molar-refractivity contribution in [3.63, 3.8) is 0 Å². The van der Waals surface area contributed by atoms with E-state index in [0.29, 0.717) is 35.5 Å². The second-order valence-corrected chi connectivity index (χ2v) is 12.6. The second-order valence-electron chi connectivity index (χ2n) is 12.6. The minimum Gasteiger partial charge on any atom is -0.508 e. The number of rotatable bonds is 7. The smallest absolute Gasteiger partial charge is 0.349 e. The lowest BCUT2D eigenvalue weighted by Crippen LogP contribution is -2.55. The Hall–Kier alpha value is -4.76. The lowest BCUT2D eigenvalue weighted by Gasteiger charge is -2.47. The van der Waals surface area contributed by atoms with E-state index < -0.39 is 23.2 Å². The van der Waals surface area contributed by atoms with E-state index in [4.69, 9.17) is 15.6 Å². The van der Waals surface area contributed by atoms with Gasteiger partial charge in [-0.1, -0.05) is 12.0 Å². The fourth-order valence-electron chi connectivity index (χ4n) is 7.08. The number of terminal acetylenes is 1. The summed E-state index contributed by atoms with van der Waals surface area (Å²) in [5.74, 6) is 1.91. The quantitative estimate of drug-likeness (QED) is 0.207. The van der Waals surface area contributed by atoms with Gasteiger partial charge in [-0.2, -0.15) is 9.97 Å². The van der Waals surface area contributed by atoms with Gasteiger partial charge in [-0.15, -0.1) is 6.42 Å². The summed E-state index contributed by atoms with van der Waals surface area (Å²) < 4.78 is 38.3. The van der Waals surface area contributed by atoms with Crippen molar-refractivity contribution >= 4 is 33.9 Å². The molecule has 12 heteroatoms. The molecule has 4 heterocycles. The number of anilines is 1. The molecule has 4 aromatic rings. The van der Waals surface area contributed by atoms with Crippen LogP contribution < -0.4 is 15.7 Å². The number of phenolic OH excluding ortho intramolecular Hbond substituents is 1. The maximum absolute atomic E-state index is 14.6. The number of likely N-dealkylation sites (N-methyl/N-ethyl adjacent to an activating group) is 1. The van der Waals surface area contributed by atoms with E-state index in [-0.39, 0.29) is 45.4 Å². The molecule has 1 amide bonds. The van der Waals surface area contributed by atoms with Crippen LogP contribution in [0.2, 0.25) is 0 Å². The fraction of sp³-hybridized carbons (Fsp3) is 0.429. The first-order valence-corrected chi connectivity index (χ1v) is 15.7. The van der Waals surface area contributed by atoms with E-state index >= 15 is 0 Å². The zero-order valence-electron chi connectivity index (χ0n) is 26.6. The van der Waals surface area contributed by atoms with Crippen molar-refractivity contribution in [3.05, 3.63) is 51.6 Å². The number of nitrogens with one attached hydrogen (secondary N) is 1. The molecule has 3 fully saturated rings. The van der Waals surface area contributed by atoms with Gasteiger partial charge in [-0.3, -0.25) is 9.69 Å². The van der Waals surface area contributed by atoms with E-state index in [9.17, 15) is 23.5 Å². The van der Waals surface area contributed by atoms with Crippen LogP contribution in [0.3, 0.4) is 0 Å². The third-order valence-electron chi connectivity index (χ3n) is 9.84. The summed E-state index contributed by atoms with van der Waals surface area (Å²) in [7, 11) is 3.13. The number of fused-ring (bicyclic) bond motifs is 3. The van der Waals surface area contributed by atoms with Crippen molar-refractivity contribution in [2.45, 2.75) is 63.2 Å². The molecule has 0 bridgehead atoms. The summed E-state index contributed by atoms with van der Waals surface area (Å²) in [6.45, 7) is 3.91. The number of phenols is 1. The van der Waals surface area contributed by atoms with Crippen LogP contribution in [-0.4, -0.2) is 82.8 Å². The second kappa shape index (κ2) is 12.8. The van der Waals surface area contributed by atoms with Gasteiger partial charge in [0.15, 0.2) is 0 Å². The Kier molecular flexibility index (Phi) is 8.76. The molecule has 2 aromatic heterocycles. The highest BCUT2D eigenvalue weighted by molar-refractivity contribution is 6.03. The summed E-state index contributed by atoms with van der Waals surface area (Å²) in [5.41, 5.74) is -0.216. The van der Waals surface area contributed by atoms with Crippen molar-refractivity contribution in [3.8, 4) is 35.4 Å². The van der Waals surface area contributed by atoms with E-state index in [1.807, 2.05) is 0 Å². The summed E-state index contributed by atoms with van der Waals surface area (Å²) in [6, 6.07) is 6.16. The maximum atomic E-state index is 14.6. The highest BCUT2D eigenvalue weighted by Gasteiger charge is 2.40. The Bertz CT molecular complexity index is 1940. The molecule has 2 aromatic carbocycles. The van der Waals surface area contributed by atoms with E-state index in [2.05, 4.69) is 26.1 Å². The van der Waals surface area contributed by atoms with E-state index in [0.717, 1.165) is 38.6 Å². The van der Waals surface area contributed by atoms with Crippen LogP contribution in [0.25, 0.3) is 33.0 Å². The van der Waals surface area contributed by atoms with Gasteiger partial charge in [0.1, 0.15) is 34.7 Å². The molecule has 7 rings (SSSR count). The van der Waals surface area contributed by atoms with Gasteiger partial charge in [0, 0.05) is 42.7 Å². The Morgan fingerprint density at radius 3 is 2.72 bits per heavy atom. The van der Waals surface area contributed by atoms with Crippen molar-refractivity contribution < 1.29 is 27.8 Å². The van der Waals surface area contributed by atoms with Crippen LogP contribution in [0.4, 0.5) is 14.6 Å². The van der Waals surface area contributed by atoms with Crippen LogP contribution in [-0.2, 0) is 4.79 Å². The van der Waals surface area contributed by atoms with Crippen LogP contribution in [0, 0.1) is 25.1 Å². The number of hydrogen-bond donors (Lipinski definition) is 2. The van der Waals surface area contributed by atoms with Gasteiger partial charge in [0.2, 0.25) is 6.41 Å². The fourth-order valence-corrected chi connectivity index (χ4v) is 7.08. The molecule has 3 aliphatic rings. The molecule has 2 atom stereocenters. The third-order valence-corrected chi connectivity index (χ3v) is 9.84.